The van der Waals surface area contributed by atoms with Gasteiger partial charge in [-0.2, -0.15) is 0 Å². The topological polar surface area (TPSA) is 0 Å². The van der Waals surface area contributed by atoms with Gasteiger partial charge in [0.15, 0.2) is 0 Å². The molecule has 0 bridgehead atoms. The summed E-state index contributed by atoms with van der Waals surface area (Å²) in [5, 5.41) is 0. The molecule has 0 aromatic heterocycles. The van der Waals surface area contributed by atoms with Gasteiger partial charge in [0.25, 0.3) is 0 Å². The average molecular weight is 180 g/mol. The first-order chi connectivity index (χ1) is 6.20. The lowest BCUT2D eigenvalue weighted by Crippen LogP contribution is -1.97. The Morgan fingerprint density at radius 1 is 1.31 bits per heavy atom. The molecule has 13 heavy (non-hydrogen) atoms. The van der Waals surface area contributed by atoms with Crippen LogP contribution in [0.25, 0.3) is 0 Å². The second-order valence-electron chi connectivity index (χ2n) is 3.89. The van der Waals surface area contributed by atoms with Crippen molar-refractivity contribution in [1.82, 2.24) is 0 Å². The standard InChI is InChI=1S/C13H24/c1-5-7-8-9-13(6-2)11-10-12(3)4/h7-8,13H,3,5-6,9-11H2,1-2,4H3. The normalized spacial score (nSPS) is 13.5. The largest absolute Gasteiger partial charge is 0.100 e. The van der Waals surface area contributed by atoms with Gasteiger partial charge in [0.2, 0.25) is 0 Å². The lowest BCUT2D eigenvalue weighted by atomic mass is 9.94. The maximum Gasteiger partial charge on any atom is -0.0322 e. The SMILES string of the molecule is C=C(C)CCC(CC)CC=CCC. The van der Waals surface area contributed by atoms with Crippen LogP contribution in [0.5, 0.6) is 0 Å². The Hall–Kier alpha value is -0.520. The highest BCUT2D eigenvalue weighted by Gasteiger charge is 2.03. The van der Waals surface area contributed by atoms with Crippen molar-refractivity contribution < 1.29 is 0 Å². The van der Waals surface area contributed by atoms with Crippen molar-refractivity contribution in [2.45, 2.75) is 52.9 Å². The number of hydrogen-bond acceptors (Lipinski definition) is 0. The molecule has 0 nitrogen and oxygen atoms in total. The van der Waals surface area contributed by atoms with Crippen molar-refractivity contribution in [1.29, 1.82) is 0 Å². The van der Waals surface area contributed by atoms with Gasteiger partial charge in [-0.05, 0) is 38.5 Å². The van der Waals surface area contributed by atoms with Crippen LogP contribution >= 0.6 is 0 Å². The molecule has 0 heterocycles. The van der Waals surface area contributed by atoms with E-state index in [-0.39, 0.29) is 0 Å². The lowest BCUT2D eigenvalue weighted by molar-refractivity contribution is 0.475. The second-order valence-corrected chi connectivity index (χ2v) is 3.89. The quantitative estimate of drug-likeness (QED) is 0.497. The van der Waals surface area contributed by atoms with Crippen LogP contribution in [-0.2, 0) is 0 Å². The van der Waals surface area contributed by atoms with Gasteiger partial charge in [-0.15, -0.1) is 6.58 Å². The molecule has 0 aliphatic heterocycles. The number of hydrogen-bond donors (Lipinski definition) is 0. The van der Waals surface area contributed by atoms with Crippen molar-refractivity contribution in [2.75, 3.05) is 0 Å². The van der Waals surface area contributed by atoms with Crippen LogP contribution in [0.3, 0.4) is 0 Å². The number of rotatable bonds is 7. The van der Waals surface area contributed by atoms with E-state index in [1.54, 1.807) is 0 Å². The van der Waals surface area contributed by atoms with E-state index in [4.69, 9.17) is 0 Å². The van der Waals surface area contributed by atoms with Gasteiger partial charge in [-0.25, -0.2) is 0 Å². The minimum Gasteiger partial charge on any atom is -0.100 e. The summed E-state index contributed by atoms with van der Waals surface area (Å²) in [6.07, 6.45) is 10.8. The molecule has 0 aromatic carbocycles. The molecule has 0 N–H and O–H groups in total. The van der Waals surface area contributed by atoms with Crippen molar-refractivity contribution in [3.8, 4) is 0 Å². The zero-order chi connectivity index (χ0) is 10.1. The molecule has 1 unspecified atom stereocenters. The fourth-order valence-corrected chi connectivity index (χ4v) is 1.39. The van der Waals surface area contributed by atoms with E-state index in [0.29, 0.717) is 0 Å². The Morgan fingerprint density at radius 3 is 2.46 bits per heavy atom. The van der Waals surface area contributed by atoms with Gasteiger partial charge in [-0.1, -0.05) is 38.0 Å². The average Bonchev–Trinajstić information content (AvgIpc) is 2.10. The zero-order valence-electron chi connectivity index (χ0n) is 9.47. The maximum atomic E-state index is 3.94. The fraction of sp³-hybridized carbons (Fsp3) is 0.692. The van der Waals surface area contributed by atoms with E-state index in [0.717, 1.165) is 12.3 Å². The van der Waals surface area contributed by atoms with Gasteiger partial charge in [0.05, 0.1) is 0 Å². The summed E-state index contributed by atoms with van der Waals surface area (Å²) in [6, 6.07) is 0. The molecule has 0 aliphatic carbocycles. The van der Waals surface area contributed by atoms with Crippen molar-refractivity contribution in [3.05, 3.63) is 24.3 Å². The van der Waals surface area contributed by atoms with Gasteiger partial charge in [0, 0.05) is 0 Å². The molecule has 0 heteroatoms. The molecule has 0 amide bonds. The molecule has 1 atom stereocenters. The highest BCUT2D eigenvalue weighted by atomic mass is 14.1. The van der Waals surface area contributed by atoms with E-state index in [1.165, 1.54) is 31.3 Å². The fourth-order valence-electron chi connectivity index (χ4n) is 1.39. The van der Waals surface area contributed by atoms with E-state index in [2.05, 4.69) is 39.5 Å². The molecule has 0 aromatic rings. The van der Waals surface area contributed by atoms with Crippen LogP contribution < -0.4 is 0 Å². The summed E-state index contributed by atoms with van der Waals surface area (Å²) in [6.45, 7) is 10.5. The van der Waals surface area contributed by atoms with Crippen molar-refractivity contribution in [2.24, 2.45) is 5.92 Å². The zero-order valence-corrected chi connectivity index (χ0v) is 9.47. The van der Waals surface area contributed by atoms with Gasteiger partial charge in [-0.3, -0.25) is 0 Å². The van der Waals surface area contributed by atoms with E-state index in [9.17, 15) is 0 Å². The number of allylic oxidation sites excluding steroid dienone is 3. The molecule has 0 rings (SSSR count). The summed E-state index contributed by atoms with van der Waals surface area (Å²) in [4.78, 5) is 0. The Morgan fingerprint density at radius 2 is 2.00 bits per heavy atom. The first-order valence-corrected chi connectivity index (χ1v) is 5.50. The maximum absolute atomic E-state index is 3.94. The Kier molecular flexibility index (Phi) is 7.77. The third kappa shape index (κ3) is 7.83. The third-order valence-electron chi connectivity index (χ3n) is 2.43. The molecular weight excluding hydrogens is 156 g/mol. The van der Waals surface area contributed by atoms with E-state index in [1.807, 2.05) is 0 Å². The molecule has 0 saturated heterocycles. The summed E-state index contributed by atoms with van der Waals surface area (Å²) < 4.78 is 0. The van der Waals surface area contributed by atoms with Crippen LogP contribution in [0.15, 0.2) is 24.3 Å². The Bertz CT molecular complexity index is 153. The minimum atomic E-state index is 0.861. The smallest absolute Gasteiger partial charge is 0.0322 e. The predicted molar refractivity (Wildman–Crippen MR) is 61.9 cm³/mol. The lowest BCUT2D eigenvalue weighted by Gasteiger charge is -2.11. The predicted octanol–water partition coefficient (Wildman–Crippen LogP) is 4.73. The summed E-state index contributed by atoms with van der Waals surface area (Å²) in [5.74, 6) is 0.861. The summed E-state index contributed by atoms with van der Waals surface area (Å²) >= 11 is 0. The Labute approximate surface area is 83.7 Å². The monoisotopic (exact) mass is 180 g/mol. The Balaban J connectivity index is 3.62. The molecule has 0 saturated carbocycles. The van der Waals surface area contributed by atoms with Crippen LogP contribution in [0.4, 0.5) is 0 Å². The highest BCUT2D eigenvalue weighted by molar-refractivity contribution is 4.89. The van der Waals surface area contributed by atoms with Crippen LogP contribution in [0, 0.1) is 5.92 Å². The van der Waals surface area contributed by atoms with Gasteiger partial charge in [0.1, 0.15) is 0 Å². The minimum absolute atomic E-state index is 0.861. The van der Waals surface area contributed by atoms with Gasteiger partial charge >= 0.3 is 0 Å². The van der Waals surface area contributed by atoms with Crippen molar-refractivity contribution in [3.63, 3.8) is 0 Å². The summed E-state index contributed by atoms with van der Waals surface area (Å²) in [5.41, 5.74) is 1.32. The summed E-state index contributed by atoms with van der Waals surface area (Å²) in [7, 11) is 0. The first-order valence-electron chi connectivity index (χ1n) is 5.50. The van der Waals surface area contributed by atoms with Gasteiger partial charge < -0.3 is 0 Å². The van der Waals surface area contributed by atoms with E-state index >= 15 is 0 Å². The van der Waals surface area contributed by atoms with Crippen LogP contribution in [0.1, 0.15) is 52.9 Å². The molecule has 76 valence electrons. The molecule has 0 radical (unpaired) electrons. The molecular formula is C13H24. The second kappa shape index (κ2) is 8.10. The molecule has 0 aliphatic rings. The highest BCUT2D eigenvalue weighted by Crippen LogP contribution is 2.18. The molecule has 0 spiro atoms. The van der Waals surface area contributed by atoms with Crippen LogP contribution in [-0.4, -0.2) is 0 Å². The van der Waals surface area contributed by atoms with Crippen LogP contribution in [0.2, 0.25) is 0 Å². The molecule has 0 fully saturated rings. The third-order valence-corrected chi connectivity index (χ3v) is 2.43. The van der Waals surface area contributed by atoms with E-state index < -0.39 is 0 Å². The first kappa shape index (κ1) is 12.5. The van der Waals surface area contributed by atoms with Crippen molar-refractivity contribution >= 4 is 0 Å².